The molecule has 1 atom stereocenters. The number of hydrogen-bond donors (Lipinski definition) is 0. The fourth-order valence-corrected chi connectivity index (χ4v) is 4.87. The third kappa shape index (κ3) is 4.38. The molecular formula is C23H25NO4S. The van der Waals surface area contributed by atoms with Crippen molar-refractivity contribution in [2.45, 2.75) is 24.8 Å². The van der Waals surface area contributed by atoms with Gasteiger partial charge in [0.2, 0.25) is 0 Å². The topological polar surface area (TPSA) is 55.8 Å². The number of nitrogens with zero attached hydrogens (tertiary/aromatic N) is 1. The average molecular weight is 412 g/mol. The van der Waals surface area contributed by atoms with Gasteiger partial charge in [-0.15, -0.1) is 0 Å². The minimum absolute atomic E-state index is 0.203. The van der Waals surface area contributed by atoms with Crippen LogP contribution < -0.4 is 13.8 Å². The maximum absolute atomic E-state index is 13.7. The first kappa shape index (κ1) is 20.7. The summed E-state index contributed by atoms with van der Waals surface area (Å²) in [6, 6.07) is 20.9. The second kappa shape index (κ2) is 8.57. The Morgan fingerprint density at radius 2 is 1.48 bits per heavy atom. The van der Waals surface area contributed by atoms with Crippen LogP contribution in [-0.4, -0.2) is 22.6 Å². The van der Waals surface area contributed by atoms with Gasteiger partial charge in [-0.25, -0.2) is 8.42 Å². The van der Waals surface area contributed by atoms with E-state index in [1.807, 2.05) is 62.4 Å². The Labute approximate surface area is 172 Å². The highest BCUT2D eigenvalue weighted by atomic mass is 32.2. The molecule has 0 saturated heterocycles. The van der Waals surface area contributed by atoms with E-state index < -0.39 is 16.1 Å². The number of sulfonamides is 1. The fourth-order valence-electron chi connectivity index (χ4n) is 3.23. The van der Waals surface area contributed by atoms with Crippen molar-refractivity contribution in [2.75, 3.05) is 18.5 Å². The van der Waals surface area contributed by atoms with E-state index in [-0.39, 0.29) is 4.90 Å². The Morgan fingerprint density at radius 1 is 0.828 bits per heavy atom. The molecule has 0 bridgehead atoms. The zero-order valence-corrected chi connectivity index (χ0v) is 17.8. The van der Waals surface area contributed by atoms with Crippen LogP contribution in [0.25, 0.3) is 0 Å². The van der Waals surface area contributed by atoms with Crippen molar-refractivity contribution in [3.8, 4) is 11.5 Å². The maximum Gasteiger partial charge on any atom is 0.264 e. The summed E-state index contributed by atoms with van der Waals surface area (Å²) in [4.78, 5) is 0.203. The van der Waals surface area contributed by atoms with E-state index in [9.17, 15) is 8.42 Å². The maximum atomic E-state index is 13.7. The molecule has 3 aromatic carbocycles. The molecule has 0 aliphatic rings. The smallest absolute Gasteiger partial charge is 0.264 e. The minimum atomic E-state index is -3.83. The first-order chi connectivity index (χ1) is 13.9. The quantitative estimate of drug-likeness (QED) is 0.551. The Morgan fingerprint density at radius 3 is 2.10 bits per heavy atom. The summed E-state index contributed by atoms with van der Waals surface area (Å²) in [5, 5.41) is 0. The van der Waals surface area contributed by atoms with E-state index in [0.29, 0.717) is 17.2 Å². The molecule has 5 nitrogen and oxygen atoms in total. The van der Waals surface area contributed by atoms with Gasteiger partial charge in [0.05, 0.1) is 30.8 Å². The predicted molar refractivity (Wildman–Crippen MR) is 115 cm³/mol. The van der Waals surface area contributed by atoms with E-state index in [1.54, 1.807) is 38.5 Å². The number of hydrogen-bond acceptors (Lipinski definition) is 4. The number of benzene rings is 3. The van der Waals surface area contributed by atoms with Crippen LogP contribution in [0.5, 0.6) is 11.5 Å². The zero-order chi connectivity index (χ0) is 21.0. The Kier molecular flexibility index (Phi) is 6.13. The largest absolute Gasteiger partial charge is 0.497 e. The van der Waals surface area contributed by atoms with Crippen molar-refractivity contribution in [3.05, 3.63) is 83.9 Å². The summed E-state index contributed by atoms with van der Waals surface area (Å²) in [6.07, 6.45) is 0. The minimum Gasteiger partial charge on any atom is -0.497 e. The Balaban J connectivity index is 2.14. The van der Waals surface area contributed by atoms with Crippen LogP contribution in [0.2, 0.25) is 0 Å². The van der Waals surface area contributed by atoms with Crippen LogP contribution in [0.1, 0.15) is 24.1 Å². The SMILES string of the molecule is COc1ccc(S(=O)(=O)N(c2cccc(C)c2)C(C)c2cccc(OC)c2)cc1. The van der Waals surface area contributed by atoms with Crippen LogP contribution in [0.3, 0.4) is 0 Å². The van der Waals surface area contributed by atoms with Gasteiger partial charge in [-0.05, 0) is 73.5 Å². The molecular weight excluding hydrogens is 386 g/mol. The number of aryl methyl sites for hydroxylation is 1. The lowest BCUT2D eigenvalue weighted by Crippen LogP contribution is -2.33. The molecule has 0 aliphatic carbocycles. The molecule has 3 rings (SSSR count). The van der Waals surface area contributed by atoms with Gasteiger partial charge in [0, 0.05) is 0 Å². The van der Waals surface area contributed by atoms with Gasteiger partial charge < -0.3 is 9.47 Å². The van der Waals surface area contributed by atoms with E-state index in [1.165, 1.54) is 4.31 Å². The first-order valence-corrected chi connectivity index (χ1v) is 10.7. The molecule has 29 heavy (non-hydrogen) atoms. The molecule has 0 aliphatic heterocycles. The van der Waals surface area contributed by atoms with E-state index in [0.717, 1.165) is 11.1 Å². The van der Waals surface area contributed by atoms with Gasteiger partial charge in [0.15, 0.2) is 0 Å². The fraction of sp³-hybridized carbons (Fsp3) is 0.217. The third-order valence-electron chi connectivity index (χ3n) is 4.80. The molecule has 0 N–H and O–H groups in total. The molecule has 152 valence electrons. The monoisotopic (exact) mass is 411 g/mol. The second-order valence-corrected chi connectivity index (χ2v) is 8.58. The molecule has 6 heteroatoms. The van der Waals surface area contributed by atoms with Crippen LogP contribution >= 0.6 is 0 Å². The number of ether oxygens (including phenoxy) is 2. The van der Waals surface area contributed by atoms with Gasteiger partial charge in [-0.2, -0.15) is 0 Å². The molecule has 0 aromatic heterocycles. The number of anilines is 1. The Hall–Kier alpha value is -2.99. The van der Waals surface area contributed by atoms with E-state index in [4.69, 9.17) is 9.47 Å². The van der Waals surface area contributed by atoms with Gasteiger partial charge in [-0.1, -0.05) is 24.3 Å². The molecule has 0 fully saturated rings. The molecule has 0 radical (unpaired) electrons. The highest BCUT2D eigenvalue weighted by Gasteiger charge is 2.30. The summed E-state index contributed by atoms with van der Waals surface area (Å²) in [5.74, 6) is 1.28. The van der Waals surface area contributed by atoms with Gasteiger partial charge in [0.1, 0.15) is 11.5 Å². The highest BCUT2D eigenvalue weighted by molar-refractivity contribution is 7.92. The molecule has 0 amide bonds. The van der Waals surface area contributed by atoms with Crippen LogP contribution in [0, 0.1) is 6.92 Å². The van der Waals surface area contributed by atoms with Gasteiger partial charge >= 0.3 is 0 Å². The predicted octanol–water partition coefficient (Wildman–Crippen LogP) is 4.97. The summed E-state index contributed by atoms with van der Waals surface area (Å²) >= 11 is 0. The summed E-state index contributed by atoms with van der Waals surface area (Å²) in [6.45, 7) is 3.82. The highest BCUT2D eigenvalue weighted by Crippen LogP contribution is 2.35. The van der Waals surface area contributed by atoms with Crippen molar-refractivity contribution < 1.29 is 17.9 Å². The van der Waals surface area contributed by atoms with Crippen molar-refractivity contribution in [2.24, 2.45) is 0 Å². The summed E-state index contributed by atoms with van der Waals surface area (Å²) in [7, 11) is -0.683. The lowest BCUT2D eigenvalue weighted by atomic mass is 10.1. The van der Waals surface area contributed by atoms with E-state index >= 15 is 0 Å². The molecule has 0 spiro atoms. The van der Waals surface area contributed by atoms with Crippen molar-refractivity contribution in [1.29, 1.82) is 0 Å². The summed E-state index contributed by atoms with van der Waals surface area (Å²) in [5.41, 5.74) is 2.43. The normalized spacial score (nSPS) is 12.3. The number of methoxy groups -OCH3 is 2. The van der Waals surface area contributed by atoms with Crippen molar-refractivity contribution in [3.63, 3.8) is 0 Å². The van der Waals surface area contributed by atoms with Gasteiger partial charge in [0.25, 0.3) is 10.0 Å². The van der Waals surface area contributed by atoms with E-state index in [2.05, 4.69) is 0 Å². The van der Waals surface area contributed by atoms with Crippen molar-refractivity contribution in [1.82, 2.24) is 0 Å². The molecule has 0 saturated carbocycles. The number of rotatable bonds is 7. The third-order valence-corrected chi connectivity index (χ3v) is 6.71. The van der Waals surface area contributed by atoms with Crippen molar-refractivity contribution >= 4 is 15.7 Å². The zero-order valence-electron chi connectivity index (χ0n) is 17.0. The lowest BCUT2D eigenvalue weighted by molar-refractivity contribution is 0.414. The summed E-state index contributed by atoms with van der Waals surface area (Å²) < 4.78 is 39.3. The van der Waals surface area contributed by atoms with Gasteiger partial charge in [-0.3, -0.25) is 4.31 Å². The average Bonchev–Trinajstić information content (AvgIpc) is 2.73. The van der Waals surface area contributed by atoms with Crippen LogP contribution in [-0.2, 0) is 10.0 Å². The molecule has 3 aromatic rings. The molecule has 0 heterocycles. The van der Waals surface area contributed by atoms with Crippen LogP contribution in [0.4, 0.5) is 5.69 Å². The Bertz CT molecular complexity index is 1080. The standard InChI is InChI=1S/C23H25NO4S/c1-17-7-5-9-20(15-17)24(18(2)19-8-6-10-22(16-19)28-4)29(25,26)23-13-11-21(27-3)12-14-23/h5-16,18H,1-4H3. The second-order valence-electron chi connectivity index (χ2n) is 6.77. The molecule has 1 unspecified atom stereocenters. The lowest BCUT2D eigenvalue weighted by Gasteiger charge is -2.31. The first-order valence-electron chi connectivity index (χ1n) is 9.26. The van der Waals surface area contributed by atoms with Crippen LogP contribution in [0.15, 0.2) is 77.7 Å².